The van der Waals surface area contributed by atoms with Crippen LogP contribution in [0.1, 0.15) is 16.1 Å². The minimum absolute atomic E-state index is 0.0337. The number of para-hydroxylation sites is 2. The van der Waals surface area contributed by atoms with Crippen molar-refractivity contribution < 1.29 is 55.4 Å². The Morgan fingerprint density at radius 3 is 1.98 bits per heavy atom. The van der Waals surface area contributed by atoms with Crippen molar-refractivity contribution in [1.29, 1.82) is 0 Å². The number of amides is 1. The maximum Gasteiger partial charge on any atom is 0.490 e. The fourth-order valence-electron chi connectivity index (χ4n) is 3.44. The zero-order chi connectivity index (χ0) is 30.5. The molecule has 0 atom stereocenters. The van der Waals surface area contributed by atoms with Crippen molar-refractivity contribution in [2.24, 2.45) is 0 Å². The van der Waals surface area contributed by atoms with Crippen LogP contribution in [0.25, 0.3) is 16.7 Å². The molecule has 1 amide bonds. The Hall–Kier alpha value is -4.83. The zero-order valence-electron chi connectivity index (χ0n) is 21.0. The molecule has 1 saturated heterocycles. The van der Waals surface area contributed by atoms with Gasteiger partial charge < -0.3 is 28.8 Å². The number of rotatable bonds is 2. The monoisotopic (exact) mass is 589 g/mol. The first-order valence-electron chi connectivity index (χ1n) is 11.5. The van der Waals surface area contributed by atoms with Gasteiger partial charge >= 0.3 is 24.3 Å². The van der Waals surface area contributed by atoms with E-state index in [9.17, 15) is 31.1 Å². The number of imidazole rings is 1. The lowest BCUT2D eigenvalue weighted by molar-refractivity contribution is -0.193. The van der Waals surface area contributed by atoms with Crippen LogP contribution in [-0.4, -0.2) is 85.9 Å². The Morgan fingerprint density at radius 1 is 0.878 bits per heavy atom. The Labute approximate surface area is 226 Å². The number of halogens is 6. The molecule has 1 aliphatic heterocycles. The summed E-state index contributed by atoms with van der Waals surface area (Å²) in [6.45, 7) is 4.62. The number of fused-ring (bicyclic) bond motifs is 2. The van der Waals surface area contributed by atoms with Crippen molar-refractivity contribution in [1.82, 2.24) is 19.3 Å². The summed E-state index contributed by atoms with van der Waals surface area (Å²) in [5.41, 5.74) is 4.04. The molecule has 1 aliphatic rings. The summed E-state index contributed by atoms with van der Waals surface area (Å²) >= 11 is 0. The van der Waals surface area contributed by atoms with Gasteiger partial charge in [0.05, 0.1) is 0 Å². The van der Waals surface area contributed by atoms with Gasteiger partial charge in [0.15, 0.2) is 5.58 Å². The second-order valence-corrected chi connectivity index (χ2v) is 8.44. The highest BCUT2D eigenvalue weighted by atomic mass is 19.4. The van der Waals surface area contributed by atoms with E-state index in [4.69, 9.17) is 24.2 Å². The molecule has 0 aliphatic carbocycles. The third kappa shape index (κ3) is 8.09. The number of oxazole rings is 1. The van der Waals surface area contributed by atoms with Crippen LogP contribution in [0.2, 0.25) is 0 Å². The lowest BCUT2D eigenvalue weighted by Crippen LogP contribution is -2.49. The Bertz CT molecular complexity index is 1480. The van der Waals surface area contributed by atoms with Crippen molar-refractivity contribution >= 4 is 40.6 Å². The van der Waals surface area contributed by atoms with E-state index in [1.807, 2.05) is 58.8 Å². The van der Waals surface area contributed by atoms with Gasteiger partial charge in [0.25, 0.3) is 11.9 Å². The molecular weight excluding hydrogens is 568 g/mol. The summed E-state index contributed by atoms with van der Waals surface area (Å²) in [5.74, 6) is -5.55. The maximum absolute atomic E-state index is 12.8. The molecule has 1 aromatic carbocycles. The van der Waals surface area contributed by atoms with Gasteiger partial charge in [-0.3, -0.25) is 4.79 Å². The molecule has 5 rings (SSSR count). The van der Waals surface area contributed by atoms with Gasteiger partial charge in [0, 0.05) is 38.6 Å². The van der Waals surface area contributed by atoms with Gasteiger partial charge in [-0.25, -0.2) is 14.6 Å². The minimum atomic E-state index is -5.08. The van der Waals surface area contributed by atoms with Gasteiger partial charge in [-0.1, -0.05) is 12.1 Å². The normalized spacial score (nSPS) is 13.7. The van der Waals surface area contributed by atoms with Crippen LogP contribution in [0.5, 0.6) is 0 Å². The van der Waals surface area contributed by atoms with Crippen LogP contribution in [0, 0.1) is 6.92 Å². The predicted octanol–water partition coefficient (Wildman–Crippen LogP) is 4.01. The van der Waals surface area contributed by atoms with Crippen molar-refractivity contribution in [3.63, 3.8) is 0 Å². The van der Waals surface area contributed by atoms with E-state index in [1.165, 1.54) is 0 Å². The molecule has 220 valence electrons. The second-order valence-electron chi connectivity index (χ2n) is 8.44. The fourth-order valence-corrected chi connectivity index (χ4v) is 3.44. The number of carboxylic acid groups (broad SMARTS) is 2. The molecule has 0 bridgehead atoms. The van der Waals surface area contributed by atoms with E-state index in [-0.39, 0.29) is 5.91 Å². The van der Waals surface area contributed by atoms with E-state index in [0.717, 1.165) is 22.3 Å². The quantitative estimate of drug-likeness (QED) is 0.332. The van der Waals surface area contributed by atoms with E-state index in [2.05, 4.69) is 14.9 Å². The number of alkyl halides is 6. The zero-order valence-corrected chi connectivity index (χ0v) is 21.0. The minimum Gasteiger partial charge on any atom is -0.475 e. The third-order valence-electron chi connectivity index (χ3n) is 5.44. The molecule has 3 aromatic heterocycles. The Morgan fingerprint density at radius 2 is 1.44 bits per heavy atom. The summed E-state index contributed by atoms with van der Waals surface area (Å²) in [7, 11) is 0. The molecule has 2 N–H and O–H groups in total. The highest BCUT2D eigenvalue weighted by Crippen LogP contribution is 2.23. The number of hydrogen-bond donors (Lipinski definition) is 2. The first-order chi connectivity index (χ1) is 19.1. The smallest absolute Gasteiger partial charge is 0.475 e. The molecule has 0 radical (unpaired) electrons. The number of aliphatic carboxylic acids is 2. The van der Waals surface area contributed by atoms with Crippen LogP contribution in [0.15, 0.2) is 53.2 Å². The molecule has 11 nitrogen and oxygen atoms in total. The van der Waals surface area contributed by atoms with Gasteiger partial charge in [-0.2, -0.15) is 31.3 Å². The van der Waals surface area contributed by atoms with Crippen LogP contribution in [0.4, 0.5) is 32.4 Å². The number of pyridine rings is 1. The fraction of sp³-hybridized carbons (Fsp3) is 0.292. The highest BCUT2D eigenvalue weighted by molar-refractivity contribution is 5.93. The summed E-state index contributed by atoms with van der Waals surface area (Å²) in [6, 6.07) is 12.3. The van der Waals surface area contributed by atoms with E-state index in [0.29, 0.717) is 37.9 Å². The first kappa shape index (κ1) is 30.7. The number of benzene rings is 1. The van der Waals surface area contributed by atoms with Crippen LogP contribution in [-0.2, 0) is 9.59 Å². The first-order valence-corrected chi connectivity index (χ1v) is 11.5. The number of carbonyl (C=O) groups is 3. The predicted molar refractivity (Wildman–Crippen MR) is 129 cm³/mol. The van der Waals surface area contributed by atoms with Crippen molar-refractivity contribution in [3.05, 3.63) is 60.0 Å². The molecule has 4 heterocycles. The standard InChI is InChI=1S/C20H19N5O2.2C2HF3O2/c1-14-6-7-25-13-16(21-18(25)12-14)19(26)23-8-10-24(11-9-23)20-22-15-4-2-3-5-17(15)27-20;2*3-2(4,5)1(6)7/h2-7,12-13H,8-11H2,1H3;2*(H,6,7). The van der Waals surface area contributed by atoms with Crippen molar-refractivity contribution in [2.75, 3.05) is 31.1 Å². The van der Waals surface area contributed by atoms with Crippen LogP contribution >= 0.6 is 0 Å². The topological polar surface area (TPSA) is 141 Å². The number of carboxylic acids is 2. The number of anilines is 1. The Balaban J connectivity index is 0.000000276. The number of piperazine rings is 1. The maximum atomic E-state index is 12.8. The van der Waals surface area contributed by atoms with Gasteiger partial charge in [0.1, 0.15) is 16.9 Å². The highest BCUT2D eigenvalue weighted by Gasteiger charge is 2.38. The summed E-state index contributed by atoms with van der Waals surface area (Å²) in [4.78, 5) is 43.6. The number of hydrogen-bond acceptors (Lipinski definition) is 7. The van der Waals surface area contributed by atoms with Crippen molar-refractivity contribution in [3.8, 4) is 0 Å². The molecule has 17 heteroatoms. The third-order valence-corrected chi connectivity index (χ3v) is 5.44. The lowest BCUT2D eigenvalue weighted by atomic mass is 10.3. The van der Waals surface area contributed by atoms with Crippen LogP contribution in [0.3, 0.4) is 0 Å². The summed E-state index contributed by atoms with van der Waals surface area (Å²) < 4.78 is 71.2. The average molecular weight is 589 g/mol. The molecule has 1 fully saturated rings. The summed E-state index contributed by atoms with van der Waals surface area (Å²) in [6.07, 6.45) is -6.44. The number of aryl methyl sites for hydroxylation is 1. The SMILES string of the molecule is Cc1ccn2cc(C(=O)N3CCN(c4nc5ccccc5o4)CC3)nc2c1.O=C(O)C(F)(F)F.O=C(O)C(F)(F)F. The second kappa shape index (κ2) is 12.1. The molecule has 4 aromatic rings. The number of nitrogens with zero attached hydrogens (tertiary/aromatic N) is 5. The van der Waals surface area contributed by atoms with E-state index < -0.39 is 24.3 Å². The molecule has 0 spiro atoms. The summed E-state index contributed by atoms with van der Waals surface area (Å²) in [5, 5.41) is 14.2. The number of carbonyl (C=O) groups excluding carboxylic acids is 1. The average Bonchev–Trinajstić information content (AvgIpc) is 3.52. The molecular formula is C24H21F6N5O6. The van der Waals surface area contributed by atoms with Crippen LogP contribution < -0.4 is 4.90 Å². The van der Waals surface area contributed by atoms with Crippen molar-refractivity contribution in [2.45, 2.75) is 19.3 Å². The van der Waals surface area contributed by atoms with E-state index >= 15 is 0 Å². The Kier molecular flexibility index (Phi) is 9.09. The van der Waals surface area contributed by atoms with Gasteiger partial charge in [-0.05, 0) is 36.8 Å². The molecule has 41 heavy (non-hydrogen) atoms. The largest absolute Gasteiger partial charge is 0.490 e. The number of aromatic nitrogens is 3. The van der Waals surface area contributed by atoms with Gasteiger partial charge in [-0.15, -0.1) is 0 Å². The van der Waals surface area contributed by atoms with Gasteiger partial charge in [0.2, 0.25) is 0 Å². The molecule has 0 unspecified atom stereocenters. The molecule has 0 saturated carbocycles. The van der Waals surface area contributed by atoms with E-state index in [1.54, 1.807) is 6.20 Å². The lowest BCUT2D eigenvalue weighted by Gasteiger charge is -2.33.